The van der Waals surface area contributed by atoms with Gasteiger partial charge in [-0.3, -0.25) is 14.9 Å². The number of aryl methyl sites for hydroxylation is 1. The summed E-state index contributed by atoms with van der Waals surface area (Å²) >= 11 is 0. The van der Waals surface area contributed by atoms with Gasteiger partial charge < -0.3 is 15.5 Å². The molecule has 0 aromatic heterocycles. The predicted octanol–water partition coefficient (Wildman–Crippen LogP) is 0.467. The lowest BCUT2D eigenvalue weighted by atomic mass is 10.1. The highest BCUT2D eigenvalue weighted by Crippen LogP contribution is 2.16. The zero-order valence-corrected chi connectivity index (χ0v) is 10.9. The number of carbonyl (C=O) groups is 2. The number of aliphatic hydroxyl groups excluding tert-OH is 1. The van der Waals surface area contributed by atoms with E-state index in [0.717, 1.165) is 6.07 Å². The molecule has 1 aromatic carbocycles. The fourth-order valence-corrected chi connectivity index (χ4v) is 1.61. The third kappa shape index (κ3) is 3.75. The SMILES string of the molecule is Cc1cc(C(=O)N[C@H](C(=O)O)[C@@H](C)O)cc([N+](=O)[O-])c1. The summed E-state index contributed by atoms with van der Waals surface area (Å²) < 4.78 is 0. The van der Waals surface area contributed by atoms with Crippen LogP contribution in [0.4, 0.5) is 5.69 Å². The smallest absolute Gasteiger partial charge is 0.328 e. The summed E-state index contributed by atoms with van der Waals surface area (Å²) in [5.74, 6) is -2.19. The molecule has 0 spiro atoms. The van der Waals surface area contributed by atoms with E-state index in [1.54, 1.807) is 6.92 Å². The van der Waals surface area contributed by atoms with E-state index in [2.05, 4.69) is 5.32 Å². The lowest BCUT2D eigenvalue weighted by molar-refractivity contribution is -0.384. The second-order valence-electron chi connectivity index (χ2n) is 4.34. The Balaban J connectivity index is 3.03. The number of nitrogens with zero attached hydrogens (tertiary/aromatic N) is 1. The zero-order chi connectivity index (χ0) is 15.4. The van der Waals surface area contributed by atoms with Crippen molar-refractivity contribution in [3.8, 4) is 0 Å². The number of aliphatic hydroxyl groups is 1. The molecule has 3 N–H and O–H groups in total. The molecule has 0 fully saturated rings. The monoisotopic (exact) mass is 282 g/mol. The van der Waals surface area contributed by atoms with Crippen LogP contribution in [0, 0.1) is 17.0 Å². The number of aliphatic carboxylic acids is 1. The van der Waals surface area contributed by atoms with Gasteiger partial charge in [-0.1, -0.05) is 0 Å². The van der Waals surface area contributed by atoms with Gasteiger partial charge in [0, 0.05) is 17.7 Å². The number of nitrogens with one attached hydrogen (secondary N) is 1. The Morgan fingerprint density at radius 3 is 2.40 bits per heavy atom. The minimum atomic E-state index is -1.48. The number of hydrogen-bond acceptors (Lipinski definition) is 5. The summed E-state index contributed by atoms with van der Waals surface area (Å²) in [5.41, 5.74) is 0.191. The number of carboxylic acid groups (broad SMARTS) is 1. The predicted molar refractivity (Wildman–Crippen MR) is 68.4 cm³/mol. The molecule has 0 saturated carbocycles. The van der Waals surface area contributed by atoms with Crippen molar-refractivity contribution in [3.63, 3.8) is 0 Å². The van der Waals surface area contributed by atoms with E-state index < -0.39 is 28.9 Å². The summed E-state index contributed by atoms with van der Waals surface area (Å²) in [5, 5.41) is 30.9. The van der Waals surface area contributed by atoms with Gasteiger partial charge in [0.15, 0.2) is 6.04 Å². The molecule has 108 valence electrons. The molecule has 0 radical (unpaired) electrons. The molecular formula is C12H14N2O6. The van der Waals surface area contributed by atoms with E-state index >= 15 is 0 Å². The normalized spacial score (nSPS) is 13.3. The van der Waals surface area contributed by atoms with Crippen LogP contribution in [-0.4, -0.2) is 39.2 Å². The summed E-state index contributed by atoms with van der Waals surface area (Å²) in [4.78, 5) is 32.8. The third-order valence-electron chi connectivity index (χ3n) is 2.57. The number of nitro groups is 1. The highest BCUT2D eigenvalue weighted by Gasteiger charge is 2.26. The molecule has 0 saturated heterocycles. The van der Waals surface area contributed by atoms with Crippen LogP contribution in [0.3, 0.4) is 0 Å². The van der Waals surface area contributed by atoms with Gasteiger partial charge in [0.1, 0.15) is 0 Å². The van der Waals surface area contributed by atoms with Crippen molar-refractivity contribution >= 4 is 17.6 Å². The highest BCUT2D eigenvalue weighted by atomic mass is 16.6. The first-order valence-electron chi connectivity index (χ1n) is 5.70. The number of hydrogen-bond donors (Lipinski definition) is 3. The van der Waals surface area contributed by atoms with Gasteiger partial charge in [-0.15, -0.1) is 0 Å². The minimum Gasteiger partial charge on any atom is -0.480 e. The first-order chi connectivity index (χ1) is 9.22. The van der Waals surface area contributed by atoms with Gasteiger partial charge in [-0.2, -0.15) is 0 Å². The Kier molecular flexibility index (Phi) is 4.76. The molecule has 0 aliphatic carbocycles. The standard InChI is InChI=1S/C12H14N2O6/c1-6-3-8(5-9(4-6)14(19)20)11(16)13-10(7(2)15)12(17)18/h3-5,7,10,15H,1-2H3,(H,13,16)(H,17,18)/t7-,10+/m1/s1. The van der Waals surface area contributed by atoms with Gasteiger partial charge in [0.25, 0.3) is 11.6 Å². The first-order valence-corrected chi connectivity index (χ1v) is 5.70. The van der Waals surface area contributed by atoms with Crippen molar-refractivity contribution in [1.29, 1.82) is 0 Å². The summed E-state index contributed by atoms with van der Waals surface area (Å²) in [6.45, 7) is 2.80. The quantitative estimate of drug-likeness (QED) is 0.531. The van der Waals surface area contributed by atoms with E-state index in [4.69, 9.17) is 5.11 Å². The van der Waals surface area contributed by atoms with Crippen molar-refractivity contribution in [2.24, 2.45) is 0 Å². The maximum absolute atomic E-state index is 11.9. The maximum atomic E-state index is 11.9. The fraction of sp³-hybridized carbons (Fsp3) is 0.333. The molecule has 1 amide bonds. The van der Waals surface area contributed by atoms with Crippen LogP contribution in [0.25, 0.3) is 0 Å². The van der Waals surface area contributed by atoms with Crippen LogP contribution in [0.1, 0.15) is 22.8 Å². The Hall–Kier alpha value is -2.48. The van der Waals surface area contributed by atoms with Gasteiger partial charge in [0.2, 0.25) is 0 Å². The number of carboxylic acids is 1. The van der Waals surface area contributed by atoms with Crippen molar-refractivity contribution in [2.75, 3.05) is 0 Å². The molecule has 1 aromatic rings. The molecule has 20 heavy (non-hydrogen) atoms. The summed E-state index contributed by atoms with van der Waals surface area (Å²) in [6.07, 6.45) is -1.30. The van der Waals surface area contributed by atoms with Gasteiger partial charge in [-0.25, -0.2) is 4.79 Å². The molecule has 2 atom stereocenters. The van der Waals surface area contributed by atoms with Gasteiger partial charge in [0.05, 0.1) is 11.0 Å². The van der Waals surface area contributed by atoms with Crippen LogP contribution in [0.2, 0.25) is 0 Å². The molecule has 0 aliphatic heterocycles. The molecule has 0 unspecified atom stereocenters. The van der Waals surface area contributed by atoms with Gasteiger partial charge >= 0.3 is 5.97 Å². The van der Waals surface area contributed by atoms with E-state index in [-0.39, 0.29) is 11.3 Å². The van der Waals surface area contributed by atoms with Crippen molar-refractivity contribution < 1.29 is 24.7 Å². The van der Waals surface area contributed by atoms with E-state index in [1.807, 2.05) is 0 Å². The van der Waals surface area contributed by atoms with Crippen molar-refractivity contribution in [3.05, 3.63) is 39.4 Å². The average molecular weight is 282 g/mol. The largest absolute Gasteiger partial charge is 0.480 e. The Morgan fingerprint density at radius 1 is 1.35 bits per heavy atom. The molecule has 0 bridgehead atoms. The number of amides is 1. The number of non-ortho nitro benzene ring substituents is 1. The lowest BCUT2D eigenvalue weighted by Crippen LogP contribution is -2.47. The van der Waals surface area contributed by atoms with Crippen LogP contribution in [0.15, 0.2) is 18.2 Å². The summed E-state index contributed by atoms with van der Waals surface area (Å²) in [7, 11) is 0. The zero-order valence-electron chi connectivity index (χ0n) is 10.9. The average Bonchev–Trinajstić information content (AvgIpc) is 2.33. The van der Waals surface area contributed by atoms with E-state index in [0.29, 0.717) is 5.56 Å². The maximum Gasteiger partial charge on any atom is 0.328 e. The Labute approximate surface area is 114 Å². The fourth-order valence-electron chi connectivity index (χ4n) is 1.61. The van der Waals surface area contributed by atoms with Crippen LogP contribution in [-0.2, 0) is 4.79 Å². The number of carbonyl (C=O) groups excluding carboxylic acids is 1. The third-order valence-corrected chi connectivity index (χ3v) is 2.57. The Bertz CT molecular complexity index is 555. The van der Waals surface area contributed by atoms with Crippen LogP contribution >= 0.6 is 0 Å². The number of benzene rings is 1. The van der Waals surface area contributed by atoms with E-state index in [9.17, 15) is 24.8 Å². The van der Waals surface area contributed by atoms with Gasteiger partial charge in [-0.05, 0) is 25.5 Å². The molecule has 1 rings (SSSR count). The molecule has 8 nitrogen and oxygen atoms in total. The highest BCUT2D eigenvalue weighted by molar-refractivity contribution is 5.97. The molecule has 8 heteroatoms. The number of nitro benzene ring substituents is 1. The summed E-state index contributed by atoms with van der Waals surface area (Å²) in [6, 6.07) is 2.24. The second kappa shape index (κ2) is 6.11. The van der Waals surface area contributed by atoms with Crippen LogP contribution < -0.4 is 5.32 Å². The second-order valence-corrected chi connectivity index (χ2v) is 4.34. The first kappa shape index (κ1) is 15.6. The van der Waals surface area contributed by atoms with E-state index in [1.165, 1.54) is 19.1 Å². The molecule has 0 heterocycles. The number of rotatable bonds is 5. The van der Waals surface area contributed by atoms with Crippen molar-refractivity contribution in [1.82, 2.24) is 5.32 Å². The minimum absolute atomic E-state index is 0.0383. The topological polar surface area (TPSA) is 130 Å². The van der Waals surface area contributed by atoms with Crippen molar-refractivity contribution in [2.45, 2.75) is 26.0 Å². The molecule has 0 aliphatic rings. The molecular weight excluding hydrogens is 268 g/mol. The lowest BCUT2D eigenvalue weighted by Gasteiger charge is -2.17. The van der Waals surface area contributed by atoms with Crippen LogP contribution in [0.5, 0.6) is 0 Å². The Morgan fingerprint density at radius 2 is 1.95 bits per heavy atom.